The monoisotopic (exact) mass is 345 g/mol. The van der Waals surface area contributed by atoms with Crippen LogP contribution in [0.5, 0.6) is 0 Å². The van der Waals surface area contributed by atoms with Gasteiger partial charge in [0.15, 0.2) is 5.11 Å². The first-order valence-electron chi connectivity index (χ1n) is 6.95. The summed E-state index contributed by atoms with van der Waals surface area (Å²) in [6.07, 6.45) is 3.10. The molecule has 0 unspecified atom stereocenters. The largest absolute Gasteiger partial charge is 0.357 e. The van der Waals surface area contributed by atoms with Crippen molar-refractivity contribution in [2.24, 2.45) is 0 Å². The lowest BCUT2D eigenvalue weighted by Gasteiger charge is -2.10. The Balaban J connectivity index is 1.71. The van der Waals surface area contributed by atoms with Gasteiger partial charge in [-0.05, 0) is 41.6 Å². The number of hydrogen-bond donors (Lipinski definition) is 3. The molecule has 2 aromatic rings. The number of carbonyl (C=O) groups is 1. The van der Waals surface area contributed by atoms with Crippen molar-refractivity contribution in [2.45, 2.75) is 6.54 Å². The zero-order valence-electron chi connectivity index (χ0n) is 12.3. The van der Waals surface area contributed by atoms with Gasteiger partial charge in [0.05, 0.1) is 0 Å². The number of nitrogens with one attached hydrogen (secondary N) is 3. The van der Waals surface area contributed by atoms with Crippen molar-refractivity contribution in [3.8, 4) is 0 Å². The van der Waals surface area contributed by atoms with Crippen LogP contribution in [0, 0.1) is 0 Å². The molecule has 0 aliphatic rings. The fourth-order valence-corrected chi connectivity index (χ4v) is 1.98. The maximum atomic E-state index is 11.7. The van der Waals surface area contributed by atoms with Gasteiger partial charge in [0, 0.05) is 17.6 Å². The van der Waals surface area contributed by atoms with Crippen LogP contribution < -0.4 is 16.2 Å². The van der Waals surface area contributed by atoms with E-state index >= 15 is 0 Å². The van der Waals surface area contributed by atoms with Crippen LogP contribution in [0.25, 0.3) is 6.08 Å². The Morgan fingerprint density at radius 1 is 1.04 bits per heavy atom. The number of hydrogen-bond acceptors (Lipinski definition) is 2. The van der Waals surface area contributed by atoms with E-state index < -0.39 is 0 Å². The van der Waals surface area contributed by atoms with Gasteiger partial charge in [0.25, 0.3) is 5.91 Å². The second-order valence-electron chi connectivity index (χ2n) is 4.67. The van der Waals surface area contributed by atoms with Gasteiger partial charge in [-0.1, -0.05) is 54.1 Å². The summed E-state index contributed by atoms with van der Waals surface area (Å²) in [6.45, 7) is 0.586. The van der Waals surface area contributed by atoms with E-state index in [-0.39, 0.29) is 5.91 Å². The average molecular weight is 346 g/mol. The van der Waals surface area contributed by atoms with Crippen molar-refractivity contribution in [3.05, 3.63) is 76.8 Å². The highest BCUT2D eigenvalue weighted by Crippen LogP contribution is 2.10. The molecule has 1 amide bonds. The normalized spacial score (nSPS) is 10.3. The van der Waals surface area contributed by atoms with E-state index in [2.05, 4.69) is 16.2 Å². The Morgan fingerprint density at radius 2 is 1.74 bits per heavy atom. The fraction of sp³-hybridized carbons (Fsp3) is 0.0588. The number of hydrazine groups is 1. The number of benzene rings is 2. The quantitative estimate of drug-likeness (QED) is 0.453. The van der Waals surface area contributed by atoms with E-state index in [1.807, 2.05) is 42.5 Å². The van der Waals surface area contributed by atoms with Crippen LogP contribution in [0.1, 0.15) is 11.1 Å². The lowest BCUT2D eigenvalue weighted by atomic mass is 10.2. The van der Waals surface area contributed by atoms with Crippen molar-refractivity contribution >= 4 is 40.9 Å². The first kappa shape index (κ1) is 17.0. The molecule has 6 heteroatoms. The molecule has 23 heavy (non-hydrogen) atoms. The first-order chi connectivity index (χ1) is 11.1. The minimum Gasteiger partial charge on any atom is -0.357 e. The lowest BCUT2D eigenvalue weighted by Crippen LogP contribution is -2.45. The van der Waals surface area contributed by atoms with Crippen LogP contribution in [-0.4, -0.2) is 11.0 Å². The summed E-state index contributed by atoms with van der Waals surface area (Å²) in [5.74, 6) is -0.302. The third kappa shape index (κ3) is 6.50. The highest BCUT2D eigenvalue weighted by molar-refractivity contribution is 7.80. The van der Waals surface area contributed by atoms with Crippen molar-refractivity contribution in [1.29, 1.82) is 0 Å². The lowest BCUT2D eigenvalue weighted by molar-refractivity contribution is -0.116. The molecule has 0 spiro atoms. The number of rotatable bonds is 4. The molecule has 2 rings (SSSR count). The number of halogens is 1. The summed E-state index contributed by atoms with van der Waals surface area (Å²) in [4.78, 5) is 11.7. The fourth-order valence-electron chi connectivity index (χ4n) is 1.73. The van der Waals surface area contributed by atoms with Gasteiger partial charge in [0.1, 0.15) is 0 Å². The molecular weight excluding hydrogens is 330 g/mol. The van der Waals surface area contributed by atoms with Crippen molar-refractivity contribution in [3.63, 3.8) is 0 Å². The summed E-state index contributed by atoms with van der Waals surface area (Å²) in [5, 5.41) is 4.01. The molecular formula is C17H16ClN3OS. The number of thiocarbonyl (C=S) groups is 1. The molecule has 0 saturated heterocycles. The Hall–Kier alpha value is -2.37. The van der Waals surface area contributed by atoms with E-state index in [1.54, 1.807) is 18.2 Å². The summed E-state index contributed by atoms with van der Waals surface area (Å²) >= 11 is 10.9. The van der Waals surface area contributed by atoms with Crippen LogP contribution in [0.15, 0.2) is 60.7 Å². The van der Waals surface area contributed by atoms with E-state index in [1.165, 1.54) is 6.08 Å². The summed E-state index contributed by atoms with van der Waals surface area (Å²) < 4.78 is 0. The molecule has 0 atom stereocenters. The predicted molar refractivity (Wildman–Crippen MR) is 97.6 cm³/mol. The molecule has 0 heterocycles. The first-order valence-corrected chi connectivity index (χ1v) is 7.73. The minimum absolute atomic E-state index is 0.302. The smallest absolute Gasteiger partial charge is 0.262 e. The Labute approximate surface area is 145 Å². The van der Waals surface area contributed by atoms with Gasteiger partial charge in [-0.2, -0.15) is 0 Å². The maximum absolute atomic E-state index is 11.7. The molecule has 0 radical (unpaired) electrons. The van der Waals surface area contributed by atoms with Crippen LogP contribution in [-0.2, 0) is 11.3 Å². The van der Waals surface area contributed by atoms with Crippen LogP contribution in [0.3, 0.4) is 0 Å². The maximum Gasteiger partial charge on any atom is 0.262 e. The predicted octanol–water partition coefficient (Wildman–Crippen LogP) is 3.05. The van der Waals surface area contributed by atoms with Gasteiger partial charge in [-0.25, -0.2) is 0 Å². The number of amides is 1. The molecule has 3 N–H and O–H groups in total. The van der Waals surface area contributed by atoms with Gasteiger partial charge in [-0.3, -0.25) is 15.6 Å². The highest BCUT2D eigenvalue weighted by atomic mass is 35.5. The molecule has 0 bridgehead atoms. The van der Waals surface area contributed by atoms with Gasteiger partial charge >= 0.3 is 0 Å². The molecule has 4 nitrogen and oxygen atoms in total. The second kappa shape index (κ2) is 8.92. The minimum atomic E-state index is -0.302. The van der Waals surface area contributed by atoms with Crippen LogP contribution in [0.4, 0.5) is 0 Å². The topological polar surface area (TPSA) is 53.2 Å². The molecule has 118 valence electrons. The second-order valence-corrected chi connectivity index (χ2v) is 5.51. The standard InChI is InChI=1S/C17H16ClN3OS/c18-15-9-6-13(7-10-15)8-11-16(22)20-21-17(23)19-12-14-4-2-1-3-5-14/h1-11H,12H2,(H,20,22)(H2,19,21,23). The summed E-state index contributed by atoms with van der Waals surface area (Å²) in [6, 6.07) is 17.0. The summed E-state index contributed by atoms with van der Waals surface area (Å²) in [7, 11) is 0. The number of carbonyl (C=O) groups excluding carboxylic acids is 1. The molecule has 0 fully saturated rings. The summed E-state index contributed by atoms with van der Waals surface area (Å²) in [5.41, 5.74) is 7.13. The molecule has 0 saturated carbocycles. The van der Waals surface area contributed by atoms with Crippen LogP contribution in [0.2, 0.25) is 5.02 Å². The SMILES string of the molecule is O=C(C=Cc1ccc(Cl)cc1)NNC(=S)NCc1ccccc1. The Morgan fingerprint density at radius 3 is 2.43 bits per heavy atom. The Bertz CT molecular complexity index is 687. The van der Waals surface area contributed by atoms with E-state index in [9.17, 15) is 4.79 Å². The van der Waals surface area contributed by atoms with Crippen LogP contribution >= 0.6 is 23.8 Å². The Kier molecular flexibility index (Phi) is 6.59. The molecule has 2 aromatic carbocycles. The van der Waals surface area contributed by atoms with Crippen molar-refractivity contribution in [1.82, 2.24) is 16.2 Å². The van der Waals surface area contributed by atoms with Gasteiger partial charge < -0.3 is 5.32 Å². The molecule has 0 aliphatic heterocycles. The van der Waals surface area contributed by atoms with E-state index in [0.717, 1.165) is 11.1 Å². The zero-order chi connectivity index (χ0) is 16.5. The van der Waals surface area contributed by atoms with Gasteiger partial charge in [-0.15, -0.1) is 0 Å². The van der Waals surface area contributed by atoms with E-state index in [4.69, 9.17) is 23.8 Å². The highest BCUT2D eigenvalue weighted by Gasteiger charge is 1.98. The average Bonchev–Trinajstić information content (AvgIpc) is 2.58. The van der Waals surface area contributed by atoms with Gasteiger partial charge in [0.2, 0.25) is 0 Å². The van der Waals surface area contributed by atoms with Crippen molar-refractivity contribution < 1.29 is 4.79 Å². The van der Waals surface area contributed by atoms with Crippen molar-refractivity contribution in [2.75, 3.05) is 0 Å². The third-order valence-corrected chi connectivity index (χ3v) is 3.39. The zero-order valence-corrected chi connectivity index (χ0v) is 13.8. The molecule has 0 aliphatic carbocycles. The molecule has 0 aromatic heterocycles. The van der Waals surface area contributed by atoms with E-state index in [0.29, 0.717) is 16.7 Å². The third-order valence-electron chi connectivity index (χ3n) is 2.89.